The molecule has 0 heterocycles. The van der Waals surface area contributed by atoms with E-state index in [1.165, 1.54) is 7.11 Å². The minimum Gasteiger partial charge on any atom is -0.544 e. The maximum atomic E-state index is 12.2. The largest absolute Gasteiger partial charge is 0.544 e. The van der Waals surface area contributed by atoms with Crippen LogP contribution in [0.15, 0.2) is 66.7 Å². The van der Waals surface area contributed by atoms with Gasteiger partial charge in [-0.05, 0) is 31.3 Å². The second kappa shape index (κ2) is 8.85. The number of carbonyl (C=O) groups is 1. The van der Waals surface area contributed by atoms with Crippen LogP contribution < -0.4 is 0 Å². The monoisotopic (exact) mass is 368 g/mol. The normalized spacial score (nSPS) is 14.4. The molecule has 2 unspecified atom stereocenters. The van der Waals surface area contributed by atoms with Crippen LogP contribution in [0, 0.1) is 5.92 Å². The number of carbonyl (C=O) groups excluding carboxylic acids is 1. The molecule has 26 heavy (non-hydrogen) atoms. The number of methoxy groups -OCH3 is 1. The van der Waals surface area contributed by atoms with Crippen molar-refractivity contribution in [3.05, 3.63) is 77.9 Å². The fourth-order valence-electron chi connectivity index (χ4n) is 2.82. The highest BCUT2D eigenvalue weighted by atomic mass is 28.4. The lowest BCUT2D eigenvalue weighted by atomic mass is 9.86. The van der Waals surface area contributed by atoms with Crippen molar-refractivity contribution in [2.24, 2.45) is 5.92 Å². The minimum absolute atomic E-state index is 0.129. The topological polar surface area (TPSA) is 35.5 Å². The molecule has 0 fully saturated rings. The van der Waals surface area contributed by atoms with Gasteiger partial charge in [0.25, 0.3) is 0 Å². The summed E-state index contributed by atoms with van der Waals surface area (Å²) in [6.07, 6.45) is 2.07. The number of hydrogen-bond acceptors (Lipinski definition) is 3. The Labute approximate surface area is 157 Å². The van der Waals surface area contributed by atoms with Gasteiger partial charge in [0.2, 0.25) is 8.32 Å². The molecule has 3 nitrogen and oxygen atoms in total. The molecule has 2 aromatic rings. The molecular weight excluding hydrogens is 340 g/mol. The number of allylic oxidation sites excluding steroid dienone is 1. The Morgan fingerprint density at radius 2 is 1.50 bits per heavy atom. The molecule has 138 valence electrons. The van der Waals surface area contributed by atoms with E-state index in [0.29, 0.717) is 0 Å². The molecule has 0 radical (unpaired) electrons. The van der Waals surface area contributed by atoms with Crippen LogP contribution in [-0.4, -0.2) is 21.4 Å². The van der Waals surface area contributed by atoms with Crippen molar-refractivity contribution in [2.75, 3.05) is 7.11 Å². The van der Waals surface area contributed by atoms with Crippen molar-refractivity contribution in [3.8, 4) is 0 Å². The van der Waals surface area contributed by atoms with Gasteiger partial charge in [0, 0.05) is 11.5 Å². The molecule has 0 saturated heterocycles. The van der Waals surface area contributed by atoms with Crippen LogP contribution in [0.2, 0.25) is 19.6 Å². The highest BCUT2D eigenvalue weighted by molar-refractivity contribution is 6.70. The first-order valence-electron chi connectivity index (χ1n) is 8.91. The van der Waals surface area contributed by atoms with Crippen LogP contribution in [0.4, 0.5) is 0 Å². The van der Waals surface area contributed by atoms with Gasteiger partial charge in [-0.15, -0.1) is 0 Å². The Bertz CT molecular complexity index is 733. The fourth-order valence-corrected chi connectivity index (χ4v) is 3.67. The van der Waals surface area contributed by atoms with E-state index in [2.05, 4.69) is 25.7 Å². The van der Waals surface area contributed by atoms with E-state index in [1.807, 2.05) is 67.6 Å². The number of benzene rings is 2. The predicted octanol–water partition coefficient (Wildman–Crippen LogP) is 5.47. The van der Waals surface area contributed by atoms with E-state index >= 15 is 0 Å². The van der Waals surface area contributed by atoms with Gasteiger partial charge in [-0.3, -0.25) is 4.79 Å². The van der Waals surface area contributed by atoms with Crippen LogP contribution in [0.1, 0.15) is 24.0 Å². The van der Waals surface area contributed by atoms with Crippen LogP contribution in [0.25, 0.3) is 5.76 Å². The van der Waals surface area contributed by atoms with Crippen LogP contribution >= 0.6 is 0 Å². The Kier molecular flexibility index (Phi) is 6.81. The van der Waals surface area contributed by atoms with Gasteiger partial charge < -0.3 is 9.16 Å². The zero-order valence-electron chi connectivity index (χ0n) is 16.2. The summed E-state index contributed by atoms with van der Waals surface area (Å²) in [5.74, 6) is 0.159. The summed E-state index contributed by atoms with van der Waals surface area (Å²) in [4.78, 5) is 12.2. The van der Waals surface area contributed by atoms with Crippen LogP contribution in [-0.2, 0) is 14.0 Å². The smallest absolute Gasteiger partial charge is 0.309 e. The highest BCUT2D eigenvalue weighted by Crippen LogP contribution is 2.32. The lowest BCUT2D eigenvalue weighted by Crippen LogP contribution is -2.25. The van der Waals surface area contributed by atoms with Crippen molar-refractivity contribution >= 4 is 20.0 Å². The summed E-state index contributed by atoms with van der Waals surface area (Å²) in [6, 6.07) is 20.1. The van der Waals surface area contributed by atoms with Gasteiger partial charge in [0.15, 0.2) is 0 Å². The van der Waals surface area contributed by atoms with Crippen LogP contribution in [0.3, 0.4) is 0 Å². The van der Waals surface area contributed by atoms with E-state index in [0.717, 1.165) is 16.9 Å². The van der Waals surface area contributed by atoms with Crippen molar-refractivity contribution in [1.82, 2.24) is 0 Å². The molecule has 0 aliphatic carbocycles. The van der Waals surface area contributed by atoms with Gasteiger partial charge in [-0.25, -0.2) is 0 Å². The lowest BCUT2D eigenvalue weighted by Gasteiger charge is -2.26. The van der Waals surface area contributed by atoms with E-state index in [-0.39, 0.29) is 17.8 Å². The average Bonchev–Trinajstić information content (AvgIpc) is 2.64. The number of hydrogen-bond donors (Lipinski definition) is 0. The van der Waals surface area contributed by atoms with Gasteiger partial charge in [0.1, 0.15) is 5.76 Å². The fraction of sp³-hybridized carbons (Fsp3) is 0.318. The molecule has 0 aliphatic rings. The number of rotatable bonds is 7. The second-order valence-corrected chi connectivity index (χ2v) is 11.8. The zero-order valence-corrected chi connectivity index (χ0v) is 17.2. The first-order chi connectivity index (χ1) is 12.3. The standard InChI is InChI=1S/C22H28O3Si/c1-17(22(23)24-2)20(18-12-8-6-9-13-18)16-21(25-26(3,4)5)19-14-10-7-11-15-19/h6-17,20H,1-5H3/b21-16-. The van der Waals surface area contributed by atoms with E-state index in [9.17, 15) is 4.79 Å². The molecule has 0 saturated carbocycles. The maximum Gasteiger partial charge on any atom is 0.309 e. The SMILES string of the molecule is COC(=O)C(C)C(/C=C(\O[Si](C)(C)C)c1ccccc1)c1ccccc1. The van der Waals surface area contributed by atoms with Gasteiger partial charge >= 0.3 is 5.97 Å². The third kappa shape index (κ3) is 5.60. The van der Waals surface area contributed by atoms with Gasteiger partial charge in [-0.1, -0.05) is 67.6 Å². The van der Waals surface area contributed by atoms with E-state index in [4.69, 9.17) is 9.16 Å². The number of ether oxygens (including phenoxy) is 1. The molecule has 0 aliphatic heterocycles. The molecule has 0 N–H and O–H groups in total. The molecular formula is C22H28O3Si. The molecule has 4 heteroatoms. The summed E-state index contributed by atoms with van der Waals surface area (Å²) in [6.45, 7) is 8.37. The summed E-state index contributed by atoms with van der Waals surface area (Å²) in [5, 5.41) is 0. The Balaban J connectivity index is 2.53. The minimum atomic E-state index is -1.83. The van der Waals surface area contributed by atoms with Gasteiger partial charge in [0.05, 0.1) is 13.0 Å². The van der Waals surface area contributed by atoms with Crippen molar-refractivity contribution < 1.29 is 14.0 Å². The first kappa shape index (κ1) is 20.0. The second-order valence-electron chi connectivity index (χ2n) is 7.36. The quantitative estimate of drug-likeness (QED) is 0.369. The molecule has 0 spiro atoms. The Morgan fingerprint density at radius 3 is 2.00 bits per heavy atom. The summed E-state index contributed by atoms with van der Waals surface area (Å²) in [7, 11) is -0.394. The summed E-state index contributed by atoms with van der Waals surface area (Å²) >= 11 is 0. The van der Waals surface area contributed by atoms with E-state index in [1.54, 1.807) is 0 Å². The van der Waals surface area contributed by atoms with Gasteiger partial charge in [-0.2, -0.15) is 0 Å². The molecule has 0 amide bonds. The maximum absolute atomic E-state index is 12.2. The molecule has 0 aromatic heterocycles. The van der Waals surface area contributed by atoms with Crippen molar-refractivity contribution in [2.45, 2.75) is 32.5 Å². The molecule has 0 bridgehead atoms. The Hall–Kier alpha value is -2.33. The molecule has 2 atom stereocenters. The zero-order chi connectivity index (χ0) is 19.2. The third-order valence-corrected chi connectivity index (χ3v) is 4.93. The predicted molar refractivity (Wildman–Crippen MR) is 109 cm³/mol. The summed E-state index contributed by atoms with van der Waals surface area (Å²) < 4.78 is 11.4. The third-order valence-electron chi connectivity index (χ3n) is 4.10. The first-order valence-corrected chi connectivity index (χ1v) is 12.3. The highest BCUT2D eigenvalue weighted by Gasteiger charge is 2.27. The average molecular weight is 369 g/mol. The molecule has 2 rings (SSSR count). The Morgan fingerprint density at radius 1 is 0.962 bits per heavy atom. The van der Waals surface area contributed by atoms with E-state index < -0.39 is 8.32 Å². The number of esters is 1. The molecule has 2 aromatic carbocycles. The summed E-state index contributed by atoms with van der Waals surface area (Å²) in [5.41, 5.74) is 2.09. The lowest BCUT2D eigenvalue weighted by molar-refractivity contribution is -0.145. The van der Waals surface area contributed by atoms with Crippen molar-refractivity contribution in [1.29, 1.82) is 0 Å². The van der Waals surface area contributed by atoms with Crippen molar-refractivity contribution in [3.63, 3.8) is 0 Å². The van der Waals surface area contributed by atoms with Crippen LogP contribution in [0.5, 0.6) is 0 Å².